The maximum absolute atomic E-state index is 13.2. The highest BCUT2D eigenvalue weighted by Crippen LogP contribution is 2.34. The summed E-state index contributed by atoms with van der Waals surface area (Å²) in [6.45, 7) is 0.151. The molecule has 1 saturated heterocycles. The number of carbonyl (C=O) groups is 1. The average molecular weight is 427 g/mol. The van der Waals surface area contributed by atoms with Crippen LogP contribution in [0.15, 0.2) is 59.8 Å². The van der Waals surface area contributed by atoms with Crippen molar-refractivity contribution in [3.8, 4) is 6.07 Å². The fourth-order valence-corrected chi connectivity index (χ4v) is 4.21. The third-order valence-electron chi connectivity index (χ3n) is 4.77. The van der Waals surface area contributed by atoms with Crippen LogP contribution in [0, 0.1) is 11.3 Å². The Kier molecular flexibility index (Phi) is 4.65. The van der Waals surface area contributed by atoms with E-state index in [0.29, 0.717) is 27.2 Å². The molecule has 1 aliphatic heterocycles. The van der Waals surface area contributed by atoms with E-state index < -0.39 is 21.9 Å². The number of carbonyl (C=O) groups excluding carboxylic acids is 1. The molecule has 2 heterocycles. The summed E-state index contributed by atoms with van der Waals surface area (Å²) in [6.07, 6.45) is 4.18. The van der Waals surface area contributed by atoms with Crippen LogP contribution in [0.4, 0.5) is 16.2 Å². The summed E-state index contributed by atoms with van der Waals surface area (Å²) in [5.74, 6) is 0. The molecule has 9 heteroatoms. The quantitative estimate of drug-likeness (QED) is 0.637. The van der Waals surface area contributed by atoms with Crippen LogP contribution in [-0.4, -0.2) is 38.3 Å². The van der Waals surface area contributed by atoms with Gasteiger partial charge in [-0.05, 0) is 30.3 Å². The van der Waals surface area contributed by atoms with E-state index in [-0.39, 0.29) is 11.4 Å². The van der Waals surface area contributed by atoms with Gasteiger partial charge in [-0.2, -0.15) is 5.26 Å². The first-order valence-corrected chi connectivity index (χ1v) is 10.9. The van der Waals surface area contributed by atoms with Crippen LogP contribution in [0.3, 0.4) is 0 Å². The van der Waals surface area contributed by atoms with Crippen LogP contribution < -0.4 is 9.80 Å². The van der Waals surface area contributed by atoms with Gasteiger partial charge < -0.3 is 0 Å². The van der Waals surface area contributed by atoms with Gasteiger partial charge in [0, 0.05) is 33.9 Å². The molecule has 4 rings (SSSR count). The molecule has 0 radical (unpaired) electrons. The minimum Gasteiger partial charge on any atom is -0.291 e. The standard InChI is InChI=1S/C20H15ClN4O3S/c1-29(27,28)17-6-5-13-10-23-11-19(18(13)8-17)25-16(9-22)12-24(20(25)26)15-4-2-3-14(21)7-15/h2-8,10-11,16H,12H2,1H3. The number of nitriles is 1. The van der Waals surface area contributed by atoms with Crippen molar-refractivity contribution in [3.05, 3.63) is 59.9 Å². The lowest BCUT2D eigenvalue weighted by Gasteiger charge is -2.21. The Hall–Kier alpha value is -3.15. The van der Waals surface area contributed by atoms with Gasteiger partial charge in [-0.25, -0.2) is 13.2 Å². The van der Waals surface area contributed by atoms with Crippen LogP contribution in [0.2, 0.25) is 5.02 Å². The molecule has 1 aromatic heterocycles. The second-order valence-corrected chi connectivity index (χ2v) is 9.15. The number of urea groups is 1. The maximum Gasteiger partial charge on any atom is 0.330 e. The molecule has 0 aliphatic carbocycles. The molecule has 0 N–H and O–H groups in total. The highest BCUT2D eigenvalue weighted by atomic mass is 35.5. The molecule has 146 valence electrons. The fourth-order valence-electron chi connectivity index (χ4n) is 3.38. The first-order chi connectivity index (χ1) is 13.8. The number of halogens is 1. The van der Waals surface area contributed by atoms with Gasteiger partial charge in [0.05, 0.1) is 29.4 Å². The molecule has 1 unspecified atom stereocenters. The summed E-state index contributed by atoms with van der Waals surface area (Å²) in [4.78, 5) is 20.3. The van der Waals surface area contributed by atoms with Crippen molar-refractivity contribution in [2.75, 3.05) is 22.6 Å². The van der Waals surface area contributed by atoms with Crippen molar-refractivity contribution in [1.82, 2.24) is 4.98 Å². The molecular formula is C20H15ClN4O3S. The second kappa shape index (κ2) is 7.03. The van der Waals surface area contributed by atoms with Crippen molar-refractivity contribution in [2.24, 2.45) is 0 Å². The van der Waals surface area contributed by atoms with Gasteiger partial charge in [0.25, 0.3) is 0 Å². The van der Waals surface area contributed by atoms with Crippen LogP contribution >= 0.6 is 11.6 Å². The molecule has 0 bridgehead atoms. The molecular weight excluding hydrogens is 412 g/mol. The number of amides is 2. The zero-order chi connectivity index (χ0) is 20.8. The Balaban J connectivity index is 1.86. The Morgan fingerprint density at radius 2 is 2.00 bits per heavy atom. The number of hydrogen-bond donors (Lipinski definition) is 0. The highest BCUT2D eigenvalue weighted by molar-refractivity contribution is 7.90. The number of anilines is 2. The number of pyridine rings is 1. The second-order valence-electron chi connectivity index (χ2n) is 6.70. The van der Waals surface area contributed by atoms with E-state index in [1.54, 1.807) is 36.5 Å². The molecule has 7 nitrogen and oxygen atoms in total. The van der Waals surface area contributed by atoms with Crippen molar-refractivity contribution < 1.29 is 13.2 Å². The molecule has 3 aromatic rings. The van der Waals surface area contributed by atoms with Crippen molar-refractivity contribution in [2.45, 2.75) is 10.9 Å². The van der Waals surface area contributed by atoms with Gasteiger partial charge in [0.15, 0.2) is 9.84 Å². The molecule has 1 aliphatic rings. The number of sulfone groups is 1. The normalized spacial score (nSPS) is 17.0. The van der Waals surface area contributed by atoms with E-state index in [9.17, 15) is 18.5 Å². The first-order valence-electron chi connectivity index (χ1n) is 8.63. The van der Waals surface area contributed by atoms with Crippen molar-refractivity contribution in [3.63, 3.8) is 0 Å². The summed E-state index contributed by atoms with van der Waals surface area (Å²) in [6, 6.07) is 12.4. The number of hydrogen-bond acceptors (Lipinski definition) is 5. The van der Waals surface area contributed by atoms with Gasteiger partial charge in [-0.15, -0.1) is 0 Å². The molecule has 0 saturated carbocycles. The molecule has 1 atom stereocenters. The SMILES string of the molecule is CS(=O)(=O)c1ccc2cncc(N3C(=O)N(c4cccc(Cl)c4)CC3C#N)c2c1. The molecule has 29 heavy (non-hydrogen) atoms. The number of nitrogens with zero attached hydrogens (tertiary/aromatic N) is 4. The Labute approximate surface area is 172 Å². The van der Waals surface area contributed by atoms with Gasteiger partial charge in [-0.3, -0.25) is 14.8 Å². The van der Waals surface area contributed by atoms with E-state index in [0.717, 1.165) is 6.26 Å². The lowest BCUT2D eigenvalue weighted by Crippen LogP contribution is -2.34. The van der Waals surface area contributed by atoms with Gasteiger partial charge in [0.2, 0.25) is 0 Å². The Bertz CT molecular complexity index is 1290. The predicted octanol–water partition coefficient (Wildman–Crippen LogP) is 3.63. The Morgan fingerprint density at radius 3 is 2.69 bits per heavy atom. The summed E-state index contributed by atoms with van der Waals surface area (Å²) in [7, 11) is -3.44. The van der Waals surface area contributed by atoms with Gasteiger partial charge >= 0.3 is 6.03 Å². The zero-order valence-electron chi connectivity index (χ0n) is 15.3. The zero-order valence-corrected chi connectivity index (χ0v) is 16.9. The fraction of sp³-hybridized carbons (Fsp3) is 0.150. The summed E-state index contributed by atoms with van der Waals surface area (Å²) in [5.41, 5.74) is 0.962. The number of benzene rings is 2. The van der Waals surface area contributed by atoms with Crippen LogP contribution in [0.25, 0.3) is 10.8 Å². The van der Waals surface area contributed by atoms with Crippen molar-refractivity contribution >= 4 is 49.6 Å². The van der Waals surface area contributed by atoms with Gasteiger partial charge in [-0.1, -0.05) is 23.7 Å². The number of rotatable bonds is 3. The third kappa shape index (κ3) is 3.39. The molecule has 2 aromatic carbocycles. The third-order valence-corrected chi connectivity index (χ3v) is 6.12. The van der Waals surface area contributed by atoms with Gasteiger partial charge in [0.1, 0.15) is 6.04 Å². The number of aromatic nitrogens is 1. The monoisotopic (exact) mass is 426 g/mol. The molecule has 1 fully saturated rings. The topological polar surface area (TPSA) is 94.4 Å². The summed E-state index contributed by atoms with van der Waals surface area (Å²) < 4.78 is 24.0. The lowest BCUT2D eigenvalue weighted by atomic mass is 10.1. The lowest BCUT2D eigenvalue weighted by molar-refractivity contribution is 0.255. The summed E-state index contributed by atoms with van der Waals surface area (Å²) in [5, 5.41) is 11.4. The predicted molar refractivity (Wildman–Crippen MR) is 111 cm³/mol. The van der Waals surface area contributed by atoms with Crippen molar-refractivity contribution in [1.29, 1.82) is 5.26 Å². The highest BCUT2D eigenvalue weighted by Gasteiger charge is 2.40. The van der Waals surface area contributed by atoms with E-state index in [1.165, 1.54) is 28.1 Å². The van der Waals surface area contributed by atoms with E-state index in [4.69, 9.17) is 11.6 Å². The smallest absolute Gasteiger partial charge is 0.291 e. The van der Waals surface area contributed by atoms with E-state index >= 15 is 0 Å². The minimum atomic E-state index is -3.44. The Morgan fingerprint density at radius 1 is 1.21 bits per heavy atom. The van der Waals surface area contributed by atoms with E-state index in [1.807, 2.05) is 0 Å². The molecule has 0 spiro atoms. The van der Waals surface area contributed by atoms with Crippen LogP contribution in [0.1, 0.15) is 0 Å². The molecule has 2 amide bonds. The van der Waals surface area contributed by atoms with Crippen LogP contribution in [-0.2, 0) is 9.84 Å². The maximum atomic E-state index is 13.2. The minimum absolute atomic E-state index is 0.129. The van der Waals surface area contributed by atoms with E-state index in [2.05, 4.69) is 11.1 Å². The summed E-state index contributed by atoms with van der Waals surface area (Å²) >= 11 is 6.05. The number of fused-ring (bicyclic) bond motifs is 1. The first kappa shape index (κ1) is 19.2. The largest absolute Gasteiger partial charge is 0.330 e. The van der Waals surface area contributed by atoms with Crippen LogP contribution in [0.5, 0.6) is 0 Å². The average Bonchev–Trinajstić information content (AvgIpc) is 3.02.